The Kier molecular flexibility index (Phi) is 6.17. The number of rotatable bonds is 3. The maximum Gasteiger partial charge on any atom is 0.394 e. The molecular formula is C7H15N5O4S. The van der Waals surface area contributed by atoms with Crippen LogP contribution in [0.2, 0.25) is 0 Å². The van der Waals surface area contributed by atoms with Crippen molar-refractivity contribution >= 4 is 22.2 Å². The maximum atomic E-state index is 8.74. The van der Waals surface area contributed by atoms with Crippen LogP contribution in [-0.4, -0.2) is 40.0 Å². The molecular weight excluding hydrogens is 250 g/mol. The number of guanidine groups is 1. The Labute approximate surface area is 98.7 Å². The molecule has 0 aromatic carbocycles. The van der Waals surface area contributed by atoms with Crippen LogP contribution >= 0.6 is 0 Å². The maximum absolute atomic E-state index is 8.74. The second-order valence-corrected chi connectivity index (χ2v) is 3.81. The van der Waals surface area contributed by atoms with E-state index in [2.05, 4.69) is 9.97 Å². The summed E-state index contributed by atoms with van der Waals surface area (Å²) in [6, 6.07) is 0. The van der Waals surface area contributed by atoms with Gasteiger partial charge in [0.15, 0.2) is 11.8 Å². The van der Waals surface area contributed by atoms with E-state index >= 15 is 0 Å². The first-order chi connectivity index (χ1) is 7.75. The minimum absolute atomic E-state index is 0.0314. The summed E-state index contributed by atoms with van der Waals surface area (Å²) in [5.41, 5.74) is 5.37. The molecule has 0 bridgehead atoms. The van der Waals surface area contributed by atoms with E-state index in [4.69, 9.17) is 28.7 Å². The van der Waals surface area contributed by atoms with Crippen LogP contribution in [0.25, 0.3) is 0 Å². The van der Waals surface area contributed by atoms with Crippen molar-refractivity contribution < 1.29 is 17.5 Å². The van der Waals surface area contributed by atoms with Crippen molar-refractivity contribution in [2.75, 3.05) is 11.4 Å². The first kappa shape index (κ1) is 15.3. The number of imidazole rings is 1. The lowest BCUT2D eigenvalue weighted by Gasteiger charge is -2.18. The fourth-order valence-electron chi connectivity index (χ4n) is 0.982. The summed E-state index contributed by atoms with van der Waals surface area (Å²) in [7, 11) is -4.67. The fraction of sp³-hybridized carbons (Fsp3) is 0.429. The van der Waals surface area contributed by atoms with Crippen LogP contribution in [-0.2, 0) is 10.4 Å². The number of nitrogens with zero attached hydrogens (tertiary/aromatic N) is 2. The second kappa shape index (κ2) is 6.83. The van der Waals surface area contributed by atoms with Gasteiger partial charge in [-0.2, -0.15) is 8.42 Å². The van der Waals surface area contributed by atoms with Crippen LogP contribution in [0.3, 0.4) is 0 Å². The largest absolute Gasteiger partial charge is 0.394 e. The quantitative estimate of drug-likeness (QED) is 0.289. The molecule has 9 nitrogen and oxygen atoms in total. The number of hydrogen-bond donors (Lipinski definition) is 5. The second-order valence-electron chi connectivity index (χ2n) is 2.91. The van der Waals surface area contributed by atoms with Crippen LogP contribution in [0.5, 0.6) is 0 Å². The highest BCUT2D eigenvalue weighted by atomic mass is 32.3. The monoisotopic (exact) mass is 265 g/mol. The van der Waals surface area contributed by atoms with Gasteiger partial charge in [-0.25, -0.2) is 4.98 Å². The predicted molar refractivity (Wildman–Crippen MR) is 62.3 cm³/mol. The SMILES string of the molecule is CCCN(C(=N)N)c1c[nH]cn1.O=S(=O)(O)O. The van der Waals surface area contributed by atoms with Gasteiger partial charge < -0.3 is 10.7 Å². The summed E-state index contributed by atoms with van der Waals surface area (Å²) >= 11 is 0. The van der Waals surface area contributed by atoms with Crippen molar-refractivity contribution in [1.29, 1.82) is 5.41 Å². The van der Waals surface area contributed by atoms with Gasteiger partial charge in [0.1, 0.15) is 0 Å². The summed E-state index contributed by atoms with van der Waals surface area (Å²) in [6.45, 7) is 2.75. The average Bonchev–Trinajstić information content (AvgIpc) is 2.63. The molecule has 1 aromatic heterocycles. The third-order valence-electron chi connectivity index (χ3n) is 1.50. The van der Waals surface area contributed by atoms with E-state index in [0.717, 1.165) is 13.0 Å². The smallest absolute Gasteiger partial charge is 0.370 e. The van der Waals surface area contributed by atoms with Crippen LogP contribution in [0.4, 0.5) is 5.82 Å². The van der Waals surface area contributed by atoms with Gasteiger partial charge in [-0.3, -0.25) is 19.4 Å². The first-order valence-electron chi connectivity index (χ1n) is 4.56. The molecule has 0 aliphatic carbocycles. The van der Waals surface area contributed by atoms with Crippen LogP contribution in [0.15, 0.2) is 12.5 Å². The highest BCUT2D eigenvalue weighted by Crippen LogP contribution is 2.07. The molecule has 0 aliphatic rings. The number of nitrogens with one attached hydrogen (secondary N) is 2. The summed E-state index contributed by atoms with van der Waals surface area (Å²) < 4.78 is 31.6. The molecule has 0 unspecified atom stereocenters. The molecule has 0 aliphatic heterocycles. The molecule has 98 valence electrons. The van der Waals surface area contributed by atoms with E-state index in [1.807, 2.05) is 6.92 Å². The number of aromatic amines is 1. The lowest BCUT2D eigenvalue weighted by Crippen LogP contribution is -2.37. The Morgan fingerprint density at radius 1 is 1.65 bits per heavy atom. The molecule has 0 fully saturated rings. The molecule has 0 saturated carbocycles. The lowest BCUT2D eigenvalue weighted by molar-refractivity contribution is 0.381. The number of hydrogen-bond acceptors (Lipinski definition) is 4. The molecule has 1 aromatic rings. The Bertz CT molecular complexity index is 421. The standard InChI is InChI=1S/C7H13N5.H2O4S/c1-2-3-12(7(8)9)6-4-10-5-11-6;1-5(2,3)4/h4-5H,2-3H2,1H3,(H3,8,9)(H,10,11);(H2,1,2,3,4). The van der Waals surface area contributed by atoms with Crippen molar-refractivity contribution in [2.45, 2.75) is 13.3 Å². The number of nitrogens with two attached hydrogens (primary N) is 1. The lowest BCUT2D eigenvalue weighted by atomic mass is 10.4. The van der Waals surface area contributed by atoms with Crippen molar-refractivity contribution in [3.05, 3.63) is 12.5 Å². The third kappa shape index (κ3) is 8.19. The summed E-state index contributed by atoms with van der Waals surface area (Å²) in [6.07, 6.45) is 4.23. The van der Waals surface area contributed by atoms with Crippen LogP contribution < -0.4 is 10.6 Å². The molecule has 0 spiro atoms. The highest BCUT2D eigenvalue weighted by molar-refractivity contribution is 7.79. The summed E-state index contributed by atoms with van der Waals surface area (Å²) in [5, 5.41) is 7.28. The van der Waals surface area contributed by atoms with Crippen LogP contribution in [0, 0.1) is 5.41 Å². The Morgan fingerprint density at radius 2 is 2.18 bits per heavy atom. The molecule has 6 N–H and O–H groups in total. The molecule has 1 rings (SSSR count). The molecule has 0 saturated heterocycles. The summed E-state index contributed by atoms with van der Waals surface area (Å²) in [4.78, 5) is 8.47. The highest BCUT2D eigenvalue weighted by Gasteiger charge is 2.08. The van der Waals surface area contributed by atoms with E-state index in [0.29, 0.717) is 5.82 Å². The molecule has 0 amide bonds. The van der Waals surface area contributed by atoms with E-state index in [1.165, 1.54) is 0 Å². The van der Waals surface area contributed by atoms with E-state index < -0.39 is 10.4 Å². The van der Waals surface area contributed by atoms with Gasteiger partial charge in [-0.15, -0.1) is 0 Å². The third-order valence-corrected chi connectivity index (χ3v) is 1.50. The molecule has 0 radical (unpaired) electrons. The van der Waals surface area contributed by atoms with Gasteiger partial charge in [0.05, 0.1) is 6.33 Å². The first-order valence-corrected chi connectivity index (χ1v) is 5.95. The molecule has 0 atom stereocenters. The predicted octanol–water partition coefficient (Wildman–Crippen LogP) is -0.133. The normalized spacial score (nSPS) is 10.3. The Hall–Kier alpha value is -1.65. The van der Waals surface area contributed by atoms with E-state index in [-0.39, 0.29) is 5.96 Å². The molecule has 10 heteroatoms. The Morgan fingerprint density at radius 3 is 2.47 bits per heavy atom. The minimum Gasteiger partial charge on any atom is -0.370 e. The zero-order valence-corrected chi connectivity index (χ0v) is 9.98. The molecule has 17 heavy (non-hydrogen) atoms. The van der Waals surface area contributed by atoms with Gasteiger partial charge in [0.25, 0.3) is 0 Å². The van der Waals surface area contributed by atoms with Crippen molar-refractivity contribution in [2.24, 2.45) is 5.73 Å². The summed E-state index contributed by atoms with van der Waals surface area (Å²) in [5.74, 6) is 0.730. The van der Waals surface area contributed by atoms with Gasteiger partial charge in [-0.1, -0.05) is 6.92 Å². The van der Waals surface area contributed by atoms with Gasteiger partial charge in [0, 0.05) is 12.7 Å². The van der Waals surface area contributed by atoms with Crippen molar-refractivity contribution in [3.8, 4) is 0 Å². The number of anilines is 1. The van der Waals surface area contributed by atoms with Crippen molar-refractivity contribution in [3.63, 3.8) is 0 Å². The number of aromatic nitrogens is 2. The minimum atomic E-state index is -4.67. The Balaban J connectivity index is 0.000000437. The zero-order chi connectivity index (χ0) is 13.5. The van der Waals surface area contributed by atoms with Crippen LogP contribution in [0.1, 0.15) is 13.3 Å². The number of H-pyrrole nitrogens is 1. The topological polar surface area (TPSA) is 156 Å². The van der Waals surface area contributed by atoms with E-state index in [9.17, 15) is 0 Å². The van der Waals surface area contributed by atoms with E-state index in [1.54, 1.807) is 17.4 Å². The fourth-order valence-corrected chi connectivity index (χ4v) is 0.982. The average molecular weight is 265 g/mol. The van der Waals surface area contributed by atoms with Gasteiger partial charge in [0.2, 0.25) is 0 Å². The van der Waals surface area contributed by atoms with Gasteiger partial charge >= 0.3 is 10.4 Å². The van der Waals surface area contributed by atoms with Crippen molar-refractivity contribution in [1.82, 2.24) is 9.97 Å². The zero-order valence-electron chi connectivity index (χ0n) is 9.16. The van der Waals surface area contributed by atoms with Gasteiger partial charge in [-0.05, 0) is 6.42 Å². The molecule has 1 heterocycles.